The van der Waals surface area contributed by atoms with Crippen molar-refractivity contribution in [1.29, 1.82) is 10.5 Å². The number of hydrogen-bond acceptors (Lipinski definition) is 5. The van der Waals surface area contributed by atoms with Crippen molar-refractivity contribution in [3.05, 3.63) is 25.0 Å². The van der Waals surface area contributed by atoms with Gasteiger partial charge in [0, 0.05) is 6.08 Å². The Morgan fingerprint density at radius 3 is 2.65 bits per heavy atom. The highest BCUT2D eigenvalue weighted by Gasteiger charge is 2.01. The summed E-state index contributed by atoms with van der Waals surface area (Å²) in [4.78, 5) is 10.6. The van der Waals surface area contributed by atoms with Crippen molar-refractivity contribution in [2.45, 2.75) is 12.8 Å². The molecule has 0 amide bonds. The molecule has 0 aromatic carbocycles. The minimum Gasteiger partial charge on any atom is -0.498 e. The van der Waals surface area contributed by atoms with Gasteiger partial charge < -0.3 is 9.47 Å². The van der Waals surface area contributed by atoms with E-state index in [1.807, 2.05) is 12.1 Å². The number of hydrogen-bond donors (Lipinski definition) is 0. The fourth-order valence-electron chi connectivity index (χ4n) is 0.874. The molecule has 0 fully saturated rings. The maximum absolute atomic E-state index is 10.6. The standard InChI is InChI=1S/C12H14N2O3/c1-2-12(15)17-8-7-16-6-4-3-5-11(9-13)10-14/h2,4,6,11H,1,3,5,7-8H2. The third-order valence-electron chi connectivity index (χ3n) is 1.74. The molecule has 0 rings (SSSR count). The van der Waals surface area contributed by atoms with Crippen LogP contribution in [-0.4, -0.2) is 19.2 Å². The van der Waals surface area contributed by atoms with Crippen LogP contribution in [0, 0.1) is 28.6 Å². The van der Waals surface area contributed by atoms with E-state index in [-0.39, 0.29) is 13.2 Å². The number of rotatable bonds is 8. The smallest absolute Gasteiger partial charge is 0.330 e. The van der Waals surface area contributed by atoms with Crippen LogP contribution < -0.4 is 0 Å². The molecule has 0 heterocycles. The van der Waals surface area contributed by atoms with Crippen LogP contribution in [0.15, 0.2) is 25.0 Å². The van der Waals surface area contributed by atoms with Crippen molar-refractivity contribution in [1.82, 2.24) is 0 Å². The van der Waals surface area contributed by atoms with Crippen LogP contribution in [0.5, 0.6) is 0 Å². The van der Waals surface area contributed by atoms with Crippen molar-refractivity contribution < 1.29 is 14.3 Å². The van der Waals surface area contributed by atoms with Crippen LogP contribution in [0.2, 0.25) is 0 Å². The molecular weight excluding hydrogens is 220 g/mol. The Morgan fingerprint density at radius 1 is 1.35 bits per heavy atom. The van der Waals surface area contributed by atoms with Gasteiger partial charge in [-0.3, -0.25) is 0 Å². The predicted octanol–water partition coefficient (Wildman–Crippen LogP) is 1.69. The van der Waals surface area contributed by atoms with Gasteiger partial charge >= 0.3 is 5.97 Å². The van der Waals surface area contributed by atoms with Crippen LogP contribution in [0.4, 0.5) is 0 Å². The van der Waals surface area contributed by atoms with Crippen LogP contribution >= 0.6 is 0 Å². The molecule has 0 aromatic rings. The number of ether oxygens (including phenoxy) is 2. The SMILES string of the molecule is C=CC(=O)OCCOC=CCCC(C#N)C#N. The van der Waals surface area contributed by atoms with Crippen molar-refractivity contribution in [2.24, 2.45) is 5.92 Å². The molecule has 0 aliphatic heterocycles. The molecule has 0 unspecified atom stereocenters. The van der Waals surface area contributed by atoms with E-state index in [1.54, 1.807) is 6.08 Å². The lowest BCUT2D eigenvalue weighted by molar-refractivity contribution is -0.138. The largest absolute Gasteiger partial charge is 0.498 e. The highest BCUT2D eigenvalue weighted by atomic mass is 16.6. The first-order valence-corrected chi connectivity index (χ1v) is 5.09. The summed E-state index contributed by atoms with van der Waals surface area (Å²) in [7, 11) is 0. The quantitative estimate of drug-likeness (QED) is 0.276. The average molecular weight is 234 g/mol. The molecule has 0 aromatic heterocycles. The van der Waals surface area contributed by atoms with E-state index < -0.39 is 11.9 Å². The Bertz CT molecular complexity index is 336. The third-order valence-corrected chi connectivity index (χ3v) is 1.74. The van der Waals surface area contributed by atoms with Crippen molar-refractivity contribution >= 4 is 5.97 Å². The predicted molar refractivity (Wildman–Crippen MR) is 60.2 cm³/mol. The van der Waals surface area contributed by atoms with Gasteiger partial charge in [0.1, 0.15) is 19.1 Å². The fraction of sp³-hybridized carbons (Fsp3) is 0.417. The second-order valence-corrected chi connectivity index (χ2v) is 3.00. The van der Waals surface area contributed by atoms with E-state index in [4.69, 9.17) is 15.3 Å². The summed E-state index contributed by atoms with van der Waals surface area (Å²) >= 11 is 0. The zero-order valence-electron chi connectivity index (χ0n) is 9.46. The molecule has 0 N–H and O–H groups in total. The molecule has 0 bridgehead atoms. The van der Waals surface area contributed by atoms with Crippen LogP contribution in [0.3, 0.4) is 0 Å². The van der Waals surface area contributed by atoms with Crippen molar-refractivity contribution in [2.75, 3.05) is 13.2 Å². The first kappa shape index (κ1) is 14.7. The molecule has 0 saturated carbocycles. The third kappa shape index (κ3) is 8.71. The highest BCUT2D eigenvalue weighted by Crippen LogP contribution is 2.03. The Morgan fingerprint density at radius 2 is 2.06 bits per heavy atom. The van der Waals surface area contributed by atoms with Gasteiger partial charge in [0.25, 0.3) is 0 Å². The number of nitrogens with zero attached hydrogens (tertiary/aromatic N) is 2. The second kappa shape index (κ2) is 10.3. The Kier molecular flexibility index (Phi) is 8.89. The fourth-order valence-corrected chi connectivity index (χ4v) is 0.874. The molecule has 5 nitrogen and oxygen atoms in total. The minimum absolute atomic E-state index is 0.161. The zero-order valence-corrected chi connectivity index (χ0v) is 9.46. The lowest BCUT2D eigenvalue weighted by atomic mass is 10.1. The molecular formula is C12H14N2O3. The van der Waals surface area contributed by atoms with Gasteiger partial charge in [0.05, 0.1) is 18.4 Å². The van der Waals surface area contributed by atoms with Crippen molar-refractivity contribution in [3.8, 4) is 12.1 Å². The summed E-state index contributed by atoms with van der Waals surface area (Å²) < 4.78 is 9.69. The summed E-state index contributed by atoms with van der Waals surface area (Å²) in [5, 5.41) is 17.0. The summed E-state index contributed by atoms with van der Waals surface area (Å²) in [5.41, 5.74) is 0. The van der Waals surface area contributed by atoms with Gasteiger partial charge in [0.15, 0.2) is 0 Å². The molecule has 0 radical (unpaired) electrons. The van der Waals surface area contributed by atoms with Gasteiger partial charge in [-0.15, -0.1) is 0 Å². The van der Waals surface area contributed by atoms with E-state index in [0.29, 0.717) is 12.8 Å². The summed E-state index contributed by atoms with van der Waals surface area (Å²) in [6, 6.07) is 3.76. The normalized spacial score (nSPS) is 9.59. The van der Waals surface area contributed by atoms with Crippen molar-refractivity contribution in [3.63, 3.8) is 0 Å². The summed E-state index contributed by atoms with van der Waals surface area (Å²) in [5.74, 6) is -1.06. The number of allylic oxidation sites excluding steroid dienone is 1. The van der Waals surface area contributed by atoms with Gasteiger partial charge in [-0.25, -0.2) is 4.79 Å². The van der Waals surface area contributed by atoms with Crippen LogP contribution in [0.25, 0.3) is 0 Å². The highest BCUT2D eigenvalue weighted by molar-refractivity contribution is 5.81. The number of nitriles is 2. The number of carbonyl (C=O) groups is 1. The number of carbonyl (C=O) groups excluding carboxylic acids is 1. The topological polar surface area (TPSA) is 83.1 Å². The lowest BCUT2D eigenvalue weighted by Gasteiger charge is -2.01. The van der Waals surface area contributed by atoms with Gasteiger partial charge in [-0.1, -0.05) is 6.58 Å². The molecule has 0 aliphatic carbocycles. The first-order valence-electron chi connectivity index (χ1n) is 5.09. The van der Waals surface area contributed by atoms with E-state index in [0.717, 1.165) is 6.08 Å². The van der Waals surface area contributed by atoms with Crippen LogP contribution in [0.1, 0.15) is 12.8 Å². The van der Waals surface area contributed by atoms with E-state index >= 15 is 0 Å². The molecule has 0 saturated heterocycles. The molecule has 0 atom stereocenters. The Balaban J connectivity index is 3.44. The van der Waals surface area contributed by atoms with E-state index in [9.17, 15) is 4.79 Å². The van der Waals surface area contributed by atoms with Gasteiger partial charge in [0.2, 0.25) is 0 Å². The Labute approximate surface area is 101 Å². The molecule has 0 aliphatic rings. The van der Waals surface area contributed by atoms with E-state index in [1.165, 1.54) is 6.26 Å². The van der Waals surface area contributed by atoms with Gasteiger partial charge in [-0.2, -0.15) is 10.5 Å². The lowest BCUT2D eigenvalue weighted by Crippen LogP contribution is -2.06. The minimum atomic E-state index is -0.576. The molecule has 0 spiro atoms. The second-order valence-electron chi connectivity index (χ2n) is 3.00. The number of esters is 1. The van der Waals surface area contributed by atoms with Gasteiger partial charge in [-0.05, 0) is 18.9 Å². The maximum Gasteiger partial charge on any atom is 0.330 e. The Hall–Kier alpha value is -2.27. The zero-order chi connectivity index (χ0) is 12.9. The van der Waals surface area contributed by atoms with E-state index in [2.05, 4.69) is 11.3 Å². The van der Waals surface area contributed by atoms with Crippen LogP contribution in [-0.2, 0) is 14.3 Å². The summed E-state index contributed by atoms with van der Waals surface area (Å²) in [6.45, 7) is 3.67. The first-order chi connectivity index (χ1) is 8.24. The average Bonchev–Trinajstić information content (AvgIpc) is 2.36. The monoisotopic (exact) mass is 234 g/mol. The molecule has 5 heteroatoms. The molecule has 90 valence electrons. The summed E-state index contributed by atoms with van der Waals surface area (Å²) in [6.07, 6.45) is 5.35. The molecule has 17 heavy (non-hydrogen) atoms. The maximum atomic E-state index is 10.6.